The first kappa shape index (κ1) is 20.1. The number of carbonyl (C=O) groups excluding carboxylic acids is 2. The van der Waals surface area contributed by atoms with E-state index in [4.69, 9.17) is 0 Å². The molecule has 0 fully saturated rings. The zero-order chi connectivity index (χ0) is 19.3. The van der Waals surface area contributed by atoms with Gasteiger partial charge in [0.15, 0.2) is 6.04 Å². The zero-order valence-electron chi connectivity index (χ0n) is 16.1. The van der Waals surface area contributed by atoms with Crippen LogP contribution in [-0.4, -0.2) is 31.4 Å². The third-order valence-corrected chi connectivity index (χ3v) is 5.73. The maximum Gasteiger partial charge on any atom is 0.278 e. The van der Waals surface area contributed by atoms with Crippen LogP contribution in [0.3, 0.4) is 0 Å². The fraction of sp³-hybridized carbons (Fsp3) is 0.400. The van der Waals surface area contributed by atoms with Crippen molar-refractivity contribution in [2.45, 2.75) is 40.3 Å². The second-order valence-electron chi connectivity index (χ2n) is 6.80. The van der Waals surface area contributed by atoms with Gasteiger partial charge in [-0.05, 0) is 55.8 Å². The Kier molecular flexibility index (Phi) is 6.94. The van der Waals surface area contributed by atoms with Crippen LogP contribution in [-0.2, 0) is 16.1 Å². The van der Waals surface area contributed by atoms with Gasteiger partial charge in [0.2, 0.25) is 5.91 Å². The zero-order valence-corrected chi connectivity index (χ0v) is 16.9. The van der Waals surface area contributed by atoms with Gasteiger partial charge in [-0.2, -0.15) is 0 Å². The van der Waals surface area contributed by atoms with Gasteiger partial charge in [0.25, 0.3) is 5.91 Å². The van der Waals surface area contributed by atoms with Crippen molar-refractivity contribution in [1.29, 1.82) is 0 Å². The highest BCUT2D eigenvalue weighted by molar-refractivity contribution is 7.10. The van der Waals surface area contributed by atoms with Crippen molar-refractivity contribution in [3.8, 4) is 0 Å². The second kappa shape index (κ2) is 8.96. The molecule has 1 unspecified atom stereocenters. The van der Waals surface area contributed by atoms with Crippen molar-refractivity contribution in [1.82, 2.24) is 5.32 Å². The summed E-state index contributed by atoms with van der Waals surface area (Å²) in [5.41, 5.74) is 4.09. The molecule has 2 rings (SSSR count). The van der Waals surface area contributed by atoms with Gasteiger partial charge in [-0.15, -0.1) is 11.3 Å². The lowest BCUT2D eigenvalue weighted by molar-refractivity contribution is -0.907. The molecule has 5 nitrogen and oxygen atoms in total. The Morgan fingerprint density at radius 2 is 1.77 bits per heavy atom. The first-order chi connectivity index (χ1) is 12.3. The van der Waals surface area contributed by atoms with Gasteiger partial charge in [0.05, 0.1) is 18.5 Å². The van der Waals surface area contributed by atoms with Crippen molar-refractivity contribution < 1.29 is 14.5 Å². The van der Waals surface area contributed by atoms with E-state index in [-0.39, 0.29) is 24.4 Å². The van der Waals surface area contributed by atoms with E-state index < -0.39 is 0 Å². The number of para-hydroxylation sites is 1. The van der Waals surface area contributed by atoms with E-state index in [1.54, 1.807) is 11.3 Å². The molecule has 0 saturated heterocycles. The van der Waals surface area contributed by atoms with Crippen molar-refractivity contribution in [2.75, 3.05) is 18.9 Å². The molecule has 0 bridgehead atoms. The van der Waals surface area contributed by atoms with Crippen molar-refractivity contribution in [3.63, 3.8) is 0 Å². The van der Waals surface area contributed by atoms with Crippen LogP contribution in [0.15, 0.2) is 29.6 Å². The standard InChI is InChI=1S/C20H27N3O2S/c1-13-9-10-26-17(13)12-23(5)16(4)20(25)21-11-18(24)22-19-14(2)7-6-8-15(19)3/h6-10,16H,11-12H2,1-5H3,(H,21,25)(H,22,24)/p+1/t16-/m0/s1. The Hall–Kier alpha value is -2.18. The van der Waals surface area contributed by atoms with Crippen molar-refractivity contribution in [2.24, 2.45) is 0 Å². The van der Waals surface area contributed by atoms with E-state index in [1.165, 1.54) is 10.4 Å². The number of carbonyl (C=O) groups is 2. The van der Waals surface area contributed by atoms with E-state index in [2.05, 4.69) is 29.0 Å². The van der Waals surface area contributed by atoms with Gasteiger partial charge in [0, 0.05) is 5.69 Å². The average Bonchev–Trinajstić information content (AvgIpc) is 3.00. The van der Waals surface area contributed by atoms with E-state index in [9.17, 15) is 9.59 Å². The molecule has 2 amide bonds. The van der Waals surface area contributed by atoms with Crippen LogP contribution in [0.4, 0.5) is 5.69 Å². The second-order valence-corrected chi connectivity index (χ2v) is 7.81. The Bertz CT molecular complexity index is 765. The number of hydrogen-bond acceptors (Lipinski definition) is 3. The SMILES string of the molecule is Cc1ccsc1C[NH+](C)[C@@H](C)C(=O)NCC(=O)Nc1c(C)cccc1C. The highest BCUT2D eigenvalue weighted by atomic mass is 32.1. The molecule has 3 N–H and O–H groups in total. The number of likely N-dealkylation sites (N-methyl/N-ethyl adjacent to an activating group) is 1. The first-order valence-corrected chi connectivity index (χ1v) is 9.66. The molecule has 1 heterocycles. The van der Waals surface area contributed by atoms with Crippen LogP contribution in [0, 0.1) is 20.8 Å². The predicted molar refractivity (Wildman–Crippen MR) is 107 cm³/mol. The molecule has 2 aromatic rings. The summed E-state index contributed by atoms with van der Waals surface area (Å²) in [7, 11) is 2.00. The normalized spacial score (nSPS) is 13.1. The quantitative estimate of drug-likeness (QED) is 0.692. The molecule has 0 radical (unpaired) electrons. The third kappa shape index (κ3) is 5.16. The summed E-state index contributed by atoms with van der Waals surface area (Å²) in [5.74, 6) is -0.330. The fourth-order valence-electron chi connectivity index (χ4n) is 2.73. The minimum atomic E-state index is -0.232. The summed E-state index contributed by atoms with van der Waals surface area (Å²) in [5, 5.41) is 7.71. The Balaban J connectivity index is 1.85. The summed E-state index contributed by atoms with van der Waals surface area (Å²) < 4.78 is 0. The molecule has 0 aliphatic heterocycles. The van der Waals surface area contributed by atoms with Gasteiger partial charge in [0.1, 0.15) is 6.54 Å². The molecule has 0 saturated carbocycles. The number of aryl methyl sites for hydroxylation is 3. The number of amides is 2. The van der Waals surface area contributed by atoms with Crippen LogP contribution >= 0.6 is 11.3 Å². The van der Waals surface area contributed by atoms with Gasteiger partial charge >= 0.3 is 0 Å². The van der Waals surface area contributed by atoms with Gasteiger partial charge in [-0.1, -0.05) is 18.2 Å². The van der Waals surface area contributed by atoms with Gasteiger partial charge in [-0.25, -0.2) is 0 Å². The van der Waals surface area contributed by atoms with Crippen LogP contribution in [0.5, 0.6) is 0 Å². The van der Waals surface area contributed by atoms with Crippen molar-refractivity contribution in [3.05, 3.63) is 51.2 Å². The van der Waals surface area contributed by atoms with E-state index in [0.29, 0.717) is 0 Å². The molecular formula is C20H28N3O2S+. The summed E-state index contributed by atoms with van der Waals surface area (Å²) >= 11 is 1.71. The molecule has 0 aliphatic carbocycles. The number of benzene rings is 1. The van der Waals surface area contributed by atoms with E-state index >= 15 is 0 Å². The van der Waals surface area contributed by atoms with Crippen LogP contribution in [0.1, 0.15) is 28.5 Å². The molecule has 1 aromatic heterocycles. The number of rotatable bonds is 7. The lowest BCUT2D eigenvalue weighted by Crippen LogP contribution is -3.12. The van der Waals surface area contributed by atoms with E-state index in [1.807, 2.05) is 46.0 Å². The Morgan fingerprint density at radius 3 is 2.35 bits per heavy atom. The summed E-state index contributed by atoms with van der Waals surface area (Å²) in [6, 6.07) is 7.72. The van der Waals surface area contributed by atoms with Gasteiger partial charge in [-0.3, -0.25) is 9.59 Å². The predicted octanol–water partition coefficient (Wildman–Crippen LogP) is 1.83. The largest absolute Gasteiger partial charge is 0.342 e. The maximum atomic E-state index is 12.4. The lowest BCUT2D eigenvalue weighted by atomic mass is 10.1. The molecule has 0 aliphatic rings. The number of anilines is 1. The number of thiophene rings is 1. The minimum Gasteiger partial charge on any atom is -0.342 e. The Morgan fingerprint density at radius 1 is 1.12 bits per heavy atom. The molecule has 0 spiro atoms. The van der Waals surface area contributed by atoms with Crippen LogP contribution in [0.25, 0.3) is 0 Å². The molecule has 2 atom stereocenters. The number of quaternary nitrogens is 1. The topological polar surface area (TPSA) is 62.6 Å². The summed E-state index contributed by atoms with van der Waals surface area (Å²) in [6.07, 6.45) is 0. The third-order valence-electron chi connectivity index (χ3n) is 4.71. The number of nitrogens with one attached hydrogen (secondary N) is 3. The van der Waals surface area contributed by atoms with Crippen LogP contribution < -0.4 is 15.5 Å². The number of hydrogen-bond donors (Lipinski definition) is 3. The average molecular weight is 375 g/mol. The Labute approximate surface area is 159 Å². The van der Waals surface area contributed by atoms with Gasteiger partial charge < -0.3 is 15.5 Å². The molecular weight excluding hydrogens is 346 g/mol. The monoisotopic (exact) mass is 374 g/mol. The van der Waals surface area contributed by atoms with E-state index in [0.717, 1.165) is 28.3 Å². The minimum absolute atomic E-state index is 0.0255. The smallest absolute Gasteiger partial charge is 0.278 e. The van der Waals surface area contributed by atoms with Crippen LogP contribution in [0.2, 0.25) is 0 Å². The maximum absolute atomic E-state index is 12.4. The summed E-state index contributed by atoms with van der Waals surface area (Å²) in [6.45, 7) is 8.65. The molecule has 140 valence electrons. The highest BCUT2D eigenvalue weighted by Gasteiger charge is 2.23. The highest BCUT2D eigenvalue weighted by Crippen LogP contribution is 2.19. The lowest BCUT2D eigenvalue weighted by Gasteiger charge is -2.21. The molecule has 1 aromatic carbocycles. The van der Waals surface area contributed by atoms with Crippen molar-refractivity contribution >= 4 is 28.8 Å². The first-order valence-electron chi connectivity index (χ1n) is 8.78. The summed E-state index contributed by atoms with van der Waals surface area (Å²) in [4.78, 5) is 27.0. The molecule has 6 heteroatoms. The molecule has 26 heavy (non-hydrogen) atoms. The fourth-order valence-corrected chi connectivity index (χ4v) is 3.73.